The van der Waals surface area contributed by atoms with Crippen LogP contribution in [0.15, 0.2) is 218 Å². The molecule has 0 heterocycles. The van der Waals surface area contributed by atoms with E-state index in [0.29, 0.717) is 0 Å². The third-order valence-corrected chi connectivity index (χ3v) is 12.8. The third-order valence-electron chi connectivity index (χ3n) is 12.8. The first kappa shape index (κ1) is 36.6. The summed E-state index contributed by atoms with van der Waals surface area (Å²) in [5.74, 6) is 0. The fraction of sp³-hybridized carbons (Fsp3) is 0.0847. The fourth-order valence-electron chi connectivity index (χ4n) is 9.66. The molecule has 292 valence electrons. The van der Waals surface area contributed by atoms with Crippen LogP contribution in [0.5, 0.6) is 0 Å². The molecule has 0 bridgehead atoms. The average molecular weight is 783 g/mol. The van der Waals surface area contributed by atoms with Crippen molar-refractivity contribution in [3.63, 3.8) is 0 Å². The van der Waals surface area contributed by atoms with Gasteiger partial charge in [0.25, 0.3) is 0 Å². The number of para-hydroxylation sites is 1. The van der Waals surface area contributed by atoms with E-state index in [1.54, 1.807) is 0 Å². The molecule has 0 saturated carbocycles. The second kappa shape index (κ2) is 15.0. The van der Waals surface area contributed by atoms with Crippen LogP contribution in [0.25, 0.3) is 49.4 Å². The van der Waals surface area contributed by atoms with Crippen molar-refractivity contribution in [2.24, 2.45) is 0 Å². The van der Waals surface area contributed by atoms with Gasteiger partial charge in [-0.25, -0.2) is 0 Å². The highest BCUT2D eigenvalue weighted by Gasteiger charge is 2.37. The van der Waals surface area contributed by atoms with Gasteiger partial charge in [0.2, 0.25) is 0 Å². The van der Waals surface area contributed by atoms with Gasteiger partial charge in [-0.15, -0.1) is 0 Å². The molecular formula is C59H46N2. The molecule has 2 nitrogen and oxygen atoms in total. The first-order chi connectivity index (χ1) is 30.0. The summed E-state index contributed by atoms with van der Waals surface area (Å²) in [5.41, 5.74) is 16.8. The molecule has 61 heavy (non-hydrogen) atoms. The maximum absolute atomic E-state index is 2.44. The lowest BCUT2D eigenvalue weighted by Gasteiger charge is -2.29. The lowest BCUT2D eigenvalue weighted by Crippen LogP contribution is -2.17. The smallest absolute Gasteiger partial charge is 0.0468 e. The molecule has 2 heteroatoms. The highest BCUT2D eigenvalue weighted by molar-refractivity contribution is 6.09. The maximum atomic E-state index is 2.44. The van der Waals surface area contributed by atoms with Crippen LogP contribution in [0.2, 0.25) is 0 Å². The predicted octanol–water partition coefficient (Wildman–Crippen LogP) is 16.6. The van der Waals surface area contributed by atoms with Crippen LogP contribution in [-0.2, 0) is 5.41 Å². The van der Waals surface area contributed by atoms with Gasteiger partial charge in [0.1, 0.15) is 0 Å². The Morgan fingerprint density at radius 3 is 1.49 bits per heavy atom. The van der Waals surface area contributed by atoms with E-state index < -0.39 is 0 Å². The summed E-state index contributed by atoms with van der Waals surface area (Å²) < 4.78 is 0. The van der Waals surface area contributed by atoms with E-state index in [2.05, 4.69) is 242 Å². The molecule has 0 unspecified atom stereocenters. The topological polar surface area (TPSA) is 6.48 Å². The van der Waals surface area contributed by atoms with Gasteiger partial charge in [0.05, 0.1) is 0 Å². The van der Waals surface area contributed by atoms with Gasteiger partial charge >= 0.3 is 0 Å². The largest absolute Gasteiger partial charge is 0.310 e. The second-order valence-electron chi connectivity index (χ2n) is 16.9. The van der Waals surface area contributed by atoms with Crippen LogP contribution < -0.4 is 9.80 Å². The predicted molar refractivity (Wildman–Crippen MR) is 260 cm³/mol. The molecular weight excluding hydrogens is 737 g/mol. The Hall–Kier alpha value is -7.42. The highest BCUT2D eigenvalue weighted by Crippen LogP contribution is 2.52. The van der Waals surface area contributed by atoms with Crippen molar-refractivity contribution in [1.29, 1.82) is 0 Å². The summed E-state index contributed by atoms with van der Waals surface area (Å²) >= 11 is 0. The lowest BCUT2D eigenvalue weighted by atomic mass is 9.82. The number of hydrogen-bond acceptors (Lipinski definition) is 2. The van der Waals surface area contributed by atoms with E-state index in [1.807, 2.05) is 0 Å². The molecule has 2 aliphatic carbocycles. The minimum Gasteiger partial charge on any atom is -0.310 e. The quantitative estimate of drug-likeness (QED) is 0.142. The van der Waals surface area contributed by atoms with Crippen molar-refractivity contribution in [2.75, 3.05) is 9.80 Å². The molecule has 0 saturated heterocycles. The summed E-state index contributed by atoms with van der Waals surface area (Å²) in [7, 11) is 0. The number of fused-ring (bicyclic) bond motifs is 6. The average Bonchev–Trinajstić information content (AvgIpc) is 3.55. The SMILES string of the molecule is CC1(C)c2cc(N(c3ccccc3)c3ccc(-c4ccccc4)cc3)ccc2-c2ccc(N(c3ccc(C4=CCCC=C4)cc3)c3ccc4ccc5ccccc5c4c3)cc21. The summed E-state index contributed by atoms with van der Waals surface area (Å²) in [4.78, 5) is 4.82. The fourth-order valence-corrected chi connectivity index (χ4v) is 9.66. The molecule has 0 aromatic heterocycles. The lowest BCUT2D eigenvalue weighted by molar-refractivity contribution is 0.660. The van der Waals surface area contributed by atoms with Crippen molar-refractivity contribution >= 4 is 61.2 Å². The van der Waals surface area contributed by atoms with E-state index >= 15 is 0 Å². The molecule has 0 N–H and O–H groups in total. The van der Waals surface area contributed by atoms with Crippen molar-refractivity contribution in [2.45, 2.75) is 32.1 Å². The summed E-state index contributed by atoms with van der Waals surface area (Å²) in [5, 5.41) is 5.02. The van der Waals surface area contributed by atoms with Crippen LogP contribution in [0.4, 0.5) is 34.1 Å². The van der Waals surface area contributed by atoms with E-state index in [-0.39, 0.29) is 5.41 Å². The van der Waals surface area contributed by atoms with Gasteiger partial charge in [-0.3, -0.25) is 0 Å². The minimum absolute atomic E-state index is 0.245. The summed E-state index contributed by atoms with van der Waals surface area (Å²) in [6, 6.07) is 73.7. The Balaban J connectivity index is 1.01. The minimum atomic E-state index is -0.245. The van der Waals surface area contributed by atoms with Crippen LogP contribution >= 0.6 is 0 Å². The van der Waals surface area contributed by atoms with Crippen molar-refractivity contribution in [3.8, 4) is 22.3 Å². The second-order valence-corrected chi connectivity index (χ2v) is 16.9. The van der Waals surface area contributed by atoms with Crippen molar-refractivity contribution < 1.29 is 0 Å². The molecule has 0 aliphatic heterocycles. The van der Waals surface area contributed by atoms with Crippen molar-refractivity contribution in [1.82, 2.24) is 0 Å². The number of anilines is 6. The van der Waals surface area contributed by atoms with Crippen LogP contribution in [0.3, 0.4) is 0 Å². The first-order valence-corrected chi connectivity index (χ1v) is 21.5. The standard InChI is InChI=1S/C59H46N2/c1-59(2)57-39-51(60(47-19-10-5-11-20-47)48-29-24-43(25-30-48)41-14-6-3-7-15-41)34-36-54(57)55-37-35-52(40-58(55)59)61(49-31-26-44(27-32-49)42-16-8-4-9-17-42)50-33-28-46-23-22-45-18-12-13-21-53(45)56(46)38-50/h3,5-8,10-40H,4,9H2,1-2H3. The van der Waals surface area contributed by atoms with Gasteiger partial charge in [-0.1, -0.05) is 159 Å². The number of nitrogens with zero attached hydrogens (tertiary/aromatic N) is 2. The molecule has 0 radical (unpaired) electrons. The first-order valence-electron chi connectivity index (χ1n) is 21.5. The van der Waals surface area contributed by atoms with Gasteiger partial charge < -0.3 is 9.80 Å². The van der Waals surface area contributed by atoms with Gasteiger partial charge in [-0.05, 0) is 152 Å². The molecule has 0 atom stereocenters. The van der Waals surface area contributed by atoms with E-state index in [9.17, 15) is 0 Å². The highest BCUT2D eigenvalue weighted by atomic mass is 15.1. The summed E-state index contributed by atoms with van der Waals surface area (Å²) in [6.07, 6.45) is 9.10. The number of hydrogen-bond donors (Lipinski definition) is 0. The molecule has 0 fully saturated rings. The molecule has 2 aliphatic rings. The summed E-state index contributed by atoms with van der Waals surface area (Å²) in [6.45, 7) is 4.78. The molecule has 0 spiro atoms. The number of allylic oxidation sites excluding steroid dienone is 4. The van der Waals surface area contributed by atoms with Crippen LogP contribution in [0, 0.1) is 0 Å². The Morgan fingerprint density at radius 2 is 0.852 bits per heavy atom. The Bertz CT molecular complexity index is 3140. The molecule has 9 aromatic carbocycles. The Labute approximate surface area is 359 Å². The Morgan fingerprint density at radius 1 is 0.377 bits per heavy atom. The molecule has 9 aromatic rings. The van der Waals surface area contributed by atoms with E-state index in [0.717, 1.165) is 47.0 Å². The van der Waals surface area contributed by atoms with Crippen LogP contribution in [-0.4, -0.2) is 0 Å². The van der Waals surface area contributed by atoms with E-state index in [4.69, 9.17) is 0 Å². The monoisotopic (exact) mass is 782 g/mol. The van der Waals surface area contributed by atoms with Crippen molar-refractivity contribution in [3.05, 3.63) is 235 Å². The molecule has 11 rings (SSSR count). The maximum Gasteiger partial charge on any atom is 0.0468 e. The zero-order valence-corrected chi connectivity index (χ0v) is 34.6. The van der Waals surface area contributed by atoms with Crippen LogP contribution in [0.1, 0.15) is 43.4 Å². The van der Waals surface area contributed by atoms with E-state index in [1.165, 1.54) is 66.1 Å². The normalized spacial score (nSPS) is 13.8. The zero-order chi connectivity index (χ0) is 40.9. The van der Waals surface area contributed by atoms with Gasteiger partial charge in [0.15, 0.2) is 0 Å². The third kappa shape index (κ3) is 6.53. The number of benzene rings is 9. The zero-order valence-electron chi connectivity index (χ0n) is 34.6. The van der Waals surface area contributed by atoms with Gasteiger partial charge in [-0.2, -0.15) is 0 Å². The number of rotatable bonds is 8. The molecule has 0 amide bonds. The van der Waals surface area contributed by atoms with Gasteiger partial charge in [0, 0.05) is 39.5 Å². The Kier molecular flexibility index (Phi) is 9.01.